The number of thioether (sulfide) groups is 1. The third-order valence-electron chi connectivity index (χ3n) is 4.30. The summed E-state index contributed by atoms with van der Waals surface area (Å²) >= 11 is 0.994. The van der Waals surface area contributed by atoms with Crippen molar-refractivity contribution in [3.63, 3.8) is 0 Å². The molecule has 1 heterocycles. The predicted octanol–water partition coefficient (Wildman–Crippen LogP) is 3.84. The molecule has 12 heteroatoms. The fourth-order valence-corrected chi connectivity index (χ4v) is 3.81. The van der Waals surface area contributed by atoms with Crippen molar-refractivity contribution < 1.29 is 24.5 Å². The standard InChI is InChI=1S/C19H16N4O7S/c1-3-21-18(25)16(31-19(21)20-12-4-6-14(30-2)7-5-12)9-11-8-13(22(26)27)10-15(17(11)24)23(28)29/h4-10,24H,3H2,1-2H3/b16-9+,20-19?. The maximum absolute atomic E-state index is 12.8. The van der Waals surface area contributed by atoms with Crippen LogP contribution in [0.5, 0.6) is 11.5 Å². The van der Waals surface area contributed by atoms with Crippen molar-refractivity contribution in [3.05, 3.63) is 67.1 Å². The molecule has 0 atom stereocenters. The van der Waals surface area contributed by atoms with Crippen molar-refractivity contribution >= 4 is 46.0 Å². The summed E-state index contributed by atoms with van der Waals surface area (Å²) in [7, 11) is 1.54. The van der Waals surface area contributed by atoms with Gasteiger partial charge < -0.3 is 9.84 Å². The number of non-ortho nitro benzene ring substituents is 1. The summed E-state index contributed by atoms with van der Waals surface area (Å²) in [6.45, 7) is 2.06. The van der Waals surface area contributed by atoms with Crippen LogP contribution in [0.25, 0.3) is 6.08 Å². The van der Waals surface area contributed by atoms with Gasteiger partial charge in [-0.25, -0.2) is 4.99 Å². The first-order valence-corrected chi connectivity index (χ1v) is 9.66. The van der Waals surface area contributed by atoms with E-state index in [1.165, 1.54) is 18.1 Å². The number of aromatic hydroxyl groups is 1. The lowest BCUT2D eigenvalue weighted by molar-refractivity contribution is -0.394. The zero-order chi connectivity index (χ0) is 22.7. The summed E-state index contributed by atoms with van der Waals surface area (Å²) in [4.78, 5) is 39.2. The lowest BCUT2D eigenvalue weighted by Crippen LogP contribution is -2.28. The lowest BCUT2D eigenvalue weighted by Gasteiger charge is -2.12. The minimum absolute atomic E-state index is 0.110. The van der Waals surface area contributed by atoms with Gasteiger partial charge >= 0.3 is 5.69 Å². The number of ether oxygens (including phenoxy) is 1. The Morgan fingerprint density at radius 1 is 1.19 bits per heavy atom. The van der Waals surface area contributed by atoms with Gasteiger partial charge in [-0.3, -0.25) is 29.9 Å². The molecule has 0 spiro atoms. The van der Waals surface area contributed by atoms with Crippen LogP contribution < -0.4 is 4.74 Å². The maximum Gasteiger partial charge on any atom is 0.318 e. The number of carbonyl (C=O) groups excluding carboxylic acids is 1. The van der Waals surface area contributed by atoms with Gasteiger partial charge in [0.1, 0.15) is 5.75 Å². The first-order valence-electron chi connectivity index (χ1n) is 8.85. The van der Waals surface area contributed by atoms with Crippen LogP contribution in [0.15, 0.2) is 46.3 Å². The summed E-state index contributed by atoms with van der Waals surface area (Å²) in [6, 6.07) is 8.49. The quantitative estimate of drug-likeness (QED) is 0.401. The monoisotopic (exact) mass is 444 g/mol. The van der Waals surface area contributed by atoms with Crippen LogP contribution in [0.1, 0.15) is 12.5 Å². The molecule has 2 aromatic carbocycles. The first-order chi connectivity index (χ1) is 14.7. The highest BCUT2D eigenvalue weighted by Crippen LogP contribution is 2.39. The van der Waals surface area contributed by atoms with E-state index in [1.54, 1.807) is 31.2 Å². The number of nitrogens with zero attached hydrogens (tertiary/aromatic N) is 4. The molecule has 31 heavy (non-hydrogen) atoms. The molecule has 1 aliphatic heterocycles. The van der Waals surface area contributed by atoms with Gasteiger partial charge in [0.2, 0.25) is 5.75 Å². The average Bonchev–Trinajstić information content (AvgIpc) is 3.03. The number of rotatable bonds is 6. The van der Waals surface area contributed by atoms with E-state index in [-0.39, 0.29) is 10.5 Å². The third kappa shape index (κ3) is 4.48. The molecule has 1 amide bonds. The molecule has 0 radical (unpaired) electrons. The van der Waals surface area contributed by atoms with Crippen LogP contribution in [0.4, 0.5) is 17.1 Å². The number of likely N-dealkylation sites (N-methyl/N-ethyl adjacent to an activating group) is 1. The van der Waals surface area contributed by atoms with Crippen LogP contribution in [0, 0.1) is 20.2 Å². The zero-order valence-corrected chi connectivity index (χ0v) is 17.2. The summed E-state index contributed by atoms with van der Waals surface area (Å²) in [6.07, 6.45) is 1.18. The van der Waals surface area contributed by atoms with Crippen molar-refractivity contribution in [1.82, 2.24) is 4.90 Å². The predicted molar refractivity (Wildman–Crippen MR) is 114 cm³/mol. The first kappa shape index (κ1) is 21.8. The second-order valence-electron chi connectivity index (χ2n) is 6.17. The number of amides is 1. The molecule has 1 saturated heterocycles. The molecular formula is C19H16N4O7S. The number of phenols is 1. The van der Waals surface area contributed by atoms with Crippen molar-refractivity contribution in [2.45, 2.75) is 6.92 Å². The molecule has 0 aliphatic carbocycles. The number of hydrogen-bond acceptors (Lipinski definition) is 9. The Kier molecular flexibility index (Phi) is 6.20. The normalized spacial score (nSPS) is 16.2. The van der Waals surface area contributed by atoms with Crippen molar-refractivity contribution in [2.24, 2.45) is 4.99 Å². The number of methoxy groups -OCH3 is 1. The second kappa shape index (κ2) is 8.83. The number of nitro benzene ring substituents is 2. The molecule has 2 aromatic rings. The van der Waals surface area contributed by atoms with Crippen molar-refractivity contribution in [1.29, 1.82) is 0 Å². The average molecular weight is 444 g/mol. The Bertz CT molecular complexity index is 1130. The summed E-state index contributed by atoms with van der Waals surface area (Å²) < 4.78 is 5.10. The molecule has 0 saturated carbocycles. The van der Waals surface area contributed by atoms with E-state index in [1.807, 2.05) is 0 Å². The number of nitro groups is 2. The molecule has 0 aromatic heterocycles. The Labute approximate surface area is 180 Å². The number of benzene rings is 2. The maximum atomic E-state index is 12.8. The number of hydrogen-bond donors (Lipinski definition) is 1. The summed E-state index contributed by atoms with van der Waals surface area (Å²) in [5.41, 5.74) is -1.04. The third-order valence-corrected chi connectivity index (χ3v) is 5.31. The van der Waals surface area contributed by atoms with E-state index in [4.69, 9.17) is 4.74 Å². The number of carbonyl (C=O) groups is 1. The zero-order valence-electron chi connectivity index (χ0n) is 16.3. The largest absolute Gasteiger partial charge is 0.502 e. The fourth-order valence-electron chi connectivity index (χ4n) is 2.76. The van der Waals surface area contributed by atoms with Crippen LogP contribution in [0.3, 0.4) is 0 Å². The van der Waals surface area contributed by atoms with Crippen LogP contribution in [-0.2, 0) is 4.79 Å². The minimum atomic E-state index is -0.928. The van der Waals surface area contributed by atoms with Gasteiger partial charge in [-0.15, -0.1) is 0 Å². The summed E-state index contributed by atoms with van der Waals surface area (Å²) in [5.74, 6) is -0.553. The smallest absolute Gasteiger partial charge is 0.318 e. The van der Waals surface area contributed by atoms with Crippen LogP contribution in [-0.4, -0.2) is 44.6 Å². The topological polar surface area (TPSA) is 148 Å². The number of amidine groups is 1. The highest BCUT2D eigenvalue weighted by atomic mass is 32.2. The Morgan fingerprint density at radius 3 is 2.42 bits per heavy atom. The number of phenolic OH excluding ortho intramolecular Hbond substituents is 1. The van der Waals surface area contributed by atoms with Crippen LogP contribution >= 0.6 is 11.8 Å². The van der Waals surface area contributed by atoms with Crippen molar-refractivity contribution in [3.8, 4) is 11.5 Å². The van der Waals surface area contributed by atoms with E-state index in [2.05, 4.69) is 4.99 Å². The van der Waals surface area contributed by atoms with E-state index < -0.39 is 32.9 Å². The molecule has 160 valence electrons. The molecule has 1 fully saturated rings. The molecule has 3 rings (SSSR count). The van der Waals surface area contributed by atoms with E-state index >= 15 is 0 Å². The van der Waals surface area contributed by atoms with Crippen molar-refractivity contribution in [2.75, 3.05) is 13.7 Å². The van der Waals surface area contributed by atoms with Gasteiger partial charge in [-0.2, -0.15) is 0 Å². The van der Waals surface area contributed by atoms with Gasteiger partial charge in [-0.05, 0) is 49.0 Å². The van der Waals surface area contributed by atoms with Gasteiger partial charge in [0.15, 0.2) is 5.17 Å². The van der Waals surface area contributed by atoms with Crippen LogP contribution in [0.2, 0.25) is 0 Å². The van der Waals surface area contributed by atoms with E-state index in [0.29, 0.717) is 29.2 Å². The minimum Gasteiger partial charge on any atom is -0.502 e. The lowest BCUT2D eigenvalue weighted by atomic mass is 10.1. The Balaban J connectivity index is 2.03. The molecule has 1 N–H and O–H groups in total. The van der Waals surface area contributed by atoms with E-state index in [0.717, 1.165) is 17.8 Å². The van der Waals surface area contributed by atoms with Gasteiger partial charge in [0.05, 0.1) is 33.6 Å². The molecule has 1 aliphatic rings. The van der Waals surface area contributed by atoms with E-state index in [9.17, 15) is 30.1 Å². The molecule has 0 bridgehead atoms. The Morgan fingerprint density at radius 2 is 1.87 bits per heavy atom. The van der Waals surface area contributed by atoms with Gasteiger partial charge in [0, 0.05) is 18.2 Å². The Hall–Kier alpha value is -3.93. The highest BCUT2D eigenvalue weighted by Gasteiger charge is 2.33. The SMILES string of the molecule is CCN1C(=O)/C(=C\c2cc([N+](=O)[O-])cc([N+](=O)[O-])c2O)SC1=Nc1ccc(OC)cc1. The molecular weight excluding hydrogens is 428 g/mol. The number of aliphatic imine (C=N–C) groups is 1. The highest BCUT2D eigenvalue weighted by molar-refractivity contribution is 8.18. The fraction of sp³-hybridized carbons (Fsp3) is 0.158. The summed E-state index contributed by atoms with van der Waals surface area (Å²) in [5, 5.41) is 32.8. The van der Waals surface area contributed by atoms with Gasteiger partial charge in [0.25, 0.3) is 11.6 Å². The second-order valence-corrected chi connectivity index (χ2v) is 7.18. The molecule has 11 nitrogen and oxygen atoms in total. The molecule has 0 unspecified atom stereocenters. The van der Waals surface area contributed by atoms with Gasteiger partial charge in [-0.1, -0.05) is 0 Å².